The Kier molecular flexibility index (Phi) is 5.13. The molecule has 1 aliphatic heterocycles. The van der Waals surface area contributed by atoms with Gasteiger partial charge in [0.2, 0.25) is 0 Å². The SMILES string of the molecule is CCCCN1C(=S)N[C@@H](c2ccccn2)[C@H]1c1ccn(C(C)(C)C)c1. The Labute approximate surface area is 156 Å². The Hall–Kier alpha value is -1.88. The van der Waals surface area contributed by atoms with Gasteiger partial charge in [-0.25, -0.2) is 0 Å². The van der Waals surface area contributed by atoms with E-state index in [0.717, 1.165) is 30.2 Å². The number of pyridine rings is 1. The summed E-state index contributed by atoms with van der Waals surface area (Å²) in [6.45, 7) is 9.85. The minimum Gasteiger partial charge on any atom is -0.352 e. The van der Waals surface area contributed by atoms with Crippen LogP contribution in [0, 0.1) is 0 Å². The average molecular weight is 357 g/mol. The molecule has 0 amide bonds. The lowest BCUT2D eigenvalue weighted by Crippen LogP contribution is -2.30. The third-order valence-electron chi connectivity index (χ3n) is 4.78. The first-order valence-corrected chi connectivity index (χ1v) is 9.49. The van der Waals surface area contributed by atoms with Gasteiger partial charge in [0.25, 0.3) is 0 Å². The molecule has 3 rings (SSSR count). The lowest BCUT2D eigenvalue weighted by molar-refractivity contribution is 0.311. The van der Waals surface area contributed by atoms with Crippen LogP contribution in [-0.4, -0.2) is 26.1 Å². The summed E-state index contributed by atoms with van der Waals surface area (Å²) in [6.07, 6.45) is 8.57. The van der Waals surface area contributed by atoms with Gasteiger partial charge in [0.1, 0.15) is 0 Å². The highest BCUT2D eigenvalue weighted by molar-refractivity contribution is 7.80. The normalized spacial score (nSPS) is 20.8. The van der Waals surface area contributed by atoms with Gasteiger partial charge in [-0.3, -0.25) is 4.98 Å². The maximum absolute atomic E-state index is 5.67. The van der Waals surface area contributed by atoms with Crippen molar-refractivity contribution in [3.63, 3.8) is 0 Å². The molecule has 3 heterocycles. The molecule has 25 heavy (non-hydrogen) atoms. The van der Waals surface area contributed by atoms with Crippen LogP contribution < -0.4 is 5.32 Å². The van der Waals surface area contributed by atoms with E-state index in [1.165, 1.54) is 5.56 Å². The molecule has 1 saturated heterocycles. The highest BCUT2D eigenvalue weighted by Crippen LogP contribution is 2.39. The molecule has 0 bridgehead atoms. The Morgan fingerprint density at radius 3 is 2.64 bits per heavy atom. The standard InChI is InChI=1S/C20H28N4S/c1-5-6-12-24-18(15-10-13-23(14-15)20(2,3)4)17(22-19(24)25)16-9-7-8-11-21-16/h7-11,13-14,17-18H,5-6,12H2,1-4H3,(H,22,25)/t17-,18+/m0/s1. The Bertz CT molecular complexity index is 717. The van der Waals surface area contributed by atoms with Gasteiger partial charge in [-0.05, 0) is 63.2 Å². The second-order valence-corrected chi connectivity index (χ2v) is 8.08. The van der Waals surface area contributed by atoms with E-state index in [0.29, 0.717) is 0 Å². The number of rotatable bonds is 5. The molecule has 0 aliphatic carbocycles. The van der Waals surface area contributed by atoms with Crippen molar-refractivity contribution in [3.8, 4) is 0 Å². The minimum atomic E-state index is 0.0690. The zero-order valence-corrected chi connectivity index (χ0v) is 16.4. The first-order valence-electron chi connectivity index (χ1n) is 9.08. The van der Waals surface area contributed by atoms with Gasteiger partial charge in [0, 0.05) is 30.7 Å². The highest BCUT2D eigenvalue weighted by Gasteiger charge is 2.39. The number of nitrogens with zero attached hydrogens (tertiary/aromatic N) is 3. The van der Waals surface area contributed by atoms with Gasteiger partial charge in [-0.15, -0.1) is 0 Å². The summed E-state index contributed by atoms with van der Waals surface area (Å²) in [6, 6.07) is 8.56. The minimum absolute atomic E-state index is 0.0690. The molecule has 0 radical (unpaired) electrons. The monoisotopic (exact) mass is 356 g/mol. The molecule has 1 aliphatic rings. The third-order valence-corrected chi connectivity index (χ3v) is 5.13. The number of nitrogens with one attached hydrogen (secondary N) is 1. The fourth-order valence-corrected chi connectivity index (χ4v) is 3.68. The quantitative estimate of drug-likeness (QED) is 0.805. The van der Waals surface area contributed by atoms with Gasteiger partial charge < -0.3 is 14.8 Å². The van der Waals surface area contributed by atoms with E-state index in [2.05, 4.69) is 72.0 Å². The van der Waals surface area contributed by atoms with E-state index in [9.17, 15) is 0 Å². The van der Waals surface area contributed by atoms with Crippen LogP contribution in [-0.2, 0) is 5.54 Å². The van der Waals surface area contributed by atoms with Gasteiger partial charge in [0.15, 0.2) is 5.11 Å². The summed E-state index contributed by atoms with van der Waals surface area (Å²) in [7, 11) is 0. The second kappa shape index (κ2) is 7.16. The van der Waals surface area contributed by atoms with E-state index in [4.69, 9.17) is 12.2 Å². The van der Waals surface area contributed by atoms with Gasteiger partial charge in [0.05, 0.1) is 17.8 Å². The van der Waals surface area contributed by atoms with Crippen molar-refractivity contribution in [2.75, 3.05) is 6.54 Å². The zero-order valence-electron chi connectivity index (χ0n) is 15.6. The van der Waals surface area contributed by atoms with Crippen LogP contribution in [0.4, 0.5) is 0 Å². The molecule has 4 nitrogen and oxygen atoms in total. The van der Waals surface area contributed by atoms with Crippen molar-refractivity contribution in [2.24, 2.45) is 0 Å². The van der Waals surface area contributed by atoms with Gasteiger partial charge in [-0.2, -0.15) is 0 Å². The highest BCUT2D eigenvalue weighted by atomic mass is 32.1. The number of thiocarbonyl (C=S) groups is 1. The van der Waals surface area contributed by atoms with E-state index in [1.807, 2.05) is 18.3 Å². The lowest BCUT2D eigenvalue weighted by Gasteiger charge is -2.27. The number of hydrogen-bond donors (Lipinski definition) is 1. The summed E-state index contributed by atoms with van der Waals surface area (Å²) in [5.41, 5.74) is 2.39. The van der Waals surface area contributed by atoms with Gasteiger partial charge >= 0.3 is 0 Å². The first kappa shape index (κ1) is 17.9. The molecule has 1 fully saturated rings. The van der Waals surface area contributed by atoms with Crippen LogP contribution in [0.2, 0.25) is 0 Å². The molecule has 0 unspecified atom stereocenters. The summed E-state index contributed by atoms with van der Waals surface area (Å²) in [5, 5.41) is 4.34. The molecule has 5 heteroatoms. The average Bonchev–Trinajstić information content (AvgIpc) is 3.18. The van der Waals surface area contributed by atoms with E-state index >= 15 is 0 Å². The van der Waals surface area contributed by atoms with Crippen molar-refractivity contribution in [3.05, 3.63) is 54.1 Å². The molecule has 0 saturated carbocycles. The van der Waals surface area contributed by atoms with Gasteiger partial charge in [-0.1, -0.05) is 19.4 Å². The molecular formula is C20H28N4S. The summed E-state index contributed by atoms with van der Waals surface area (Å²) in [4.78, 5) is 6.92. The van der Waals surface area contributed by atoms with Crippen molar-refractivity contribution in [2.45, 2.75) is 58.2 Å². The van der Waals surface area contributed by atoms with Crippen LogP contribution in [0.15, 0.2) is 42.9 Å². The van der Waals surface area contributed by atoms with Crippen LogP contribution in [0.3, 0.4) is 0 Å². The molecule has 134 valence electrons. The molecule has 2 aromatic heterocycles. The predicted molar refractivity (Wildman–Crippen MR) is 106 cm³/mol. The lowest BCUT2D eigenvalue weighted by atomic mass is 9.99. The van der Waals surface area contributed by atoms with E-state index < -0.39 is 0 Å². The molecule has 2 atom stereocenters. The largest absolute Gasteiger partial charge is 0.352 e. The van der Waals surface area contributed by atoms with E-state index in [1.54, 1.807) is 0 Å². The fourth-order valence-electron chi connectivity index (χ4n) is 3.34. The summed E-state index contributed by atoms with van der Waals surface area (Å²) in [5.74, 6) is 0. The Morgan fingerprint density at radius 1 is 1.24 bits per heavy atom. The molecule has 0 aromatic carbocycles. The maximum Gasteiger partial charge on any atom is 0.170 e. The van der Waals surface area contributed by atoms with Crippen LogP contribution in [0.1, 0.15) is 63.9 Å². The Balaban J connectivity index is 1.98. The van der Waals surface area contributed by atoms with Crippen molar-refractivity contribution in [1.29, 1.82) is 0 Å². The third kappa shape index (κ3) is 3.71. The maximum atomic E-state index is 5.67. The first-order chi connectivity index (χ1) is 11.9. The molecule has 2 aromatic rings. The smallest absolute Gasteiger partial charge is 0.170 e. The van der Waals surface area contributed by atoms with Crippen LogP contribution >= 0.6 is 12.2 Å². The zero-order chi connectivity index (χ0) is 18.0. The number of unbranched alkanes of at least 4 members (excludes halogenated alkanes) is 1. The summed E-state index contributed by atoms with van der Waals surface area (Å²) < 4.78 is 2.27. The van der Waals surface area contributed by atoms with E-state index in [-0.39, 0.29) is 17.6 Å². The number of hydrogen-bond acceptors (Lipinski definition) is 2. The van der Waals surface area contributed by atoms with Crippen LogP contribution in [0.5, 0.6) is 0 Å². The summed E-state index contributed by atoms with van der Waals surface area (Å²) >= 11 is 5.67. The van der Waals surface area contributed by atoms with Crippen molar-refractivity contribution in [1.82, 2.24) is 19.8 Å². The van der Waals surface area contributed by atoms with Crippen molar-refractivity contribution >= 4 is 17.3 Å². The predicted octanol–water partition coefficient (Wildman–Crippen LogP) is 4.41. The van der Waals surface area contributed by atoms with Crippen LogP contribution in [0.25, 0.3) is 0 Å². The second-order valence-electron chi connectivity index (χ2n) is 7.70. The molecule has 0 spiro atoms. The Morgan fingerprint density at radius 2 is 2.04 bits per heavy atom. The fraction of sp³-hybridized carbons (Fsp3) is 0.500. The van der Waals surface area contributed by atoms with Crippen molar-refractivity contribution < 1.29 is 0 Å². The number of aromatic nitrogens is 2. The topological polar surface area (TPSA) is 33.1 Å². The molecule has 1 N–H and O–H groups in total. The molecular weight excluding hydrogens is 328 g/mol.